The molecule has 2 unspecified atom stereocenters. The molecule has 2 amide bonds. The molecule has 128 valence electrons. The third-order valence-electron chi connectivity index (χ3n) is 6.21. The van der Waals surface area contributed by atoms with Crippen molar-refractivity contribution in [1.82, 2.24) is 4.90 Å². The van der Waals surface area contributed by atoms with E-state index in [2.05, 4.69) is 29.3 Å². The molecule has 5 aliphatic rings. The molecule has 3 aliphatic carbocycles. The Morgan fingerprint density at radius 2 is 1.27 bits per heavy atom. The number of rotatable bonds is 0. The molecule has 2 atom stereocenters. The molecule has 0 N–H and O–H groups in total. The van der Waals surface area contributed by atoms with Crippen LogP contribution in [0, 0.1) is 11.8 Å². The number of benzene rings is 2. The van der Waals surface area contributed by atoms with E-state index in [4.69, 9.17) is 0 Å². The number of amidine groups is 1. The van der Waals surface area contributed by atoms with Crippen LogP contribution in [0.25, 0.3) is 0 Å². The van der Waals surface area contributed by atoms with Crippen LogP contribution in [-0.4, -0.2) is 34.2 Å². The van der Waals surface area contributed by atoms with Crippen LogP contribution in [0.5, 0.6) is 0 Å². The predicted octanol–water partition coefficient (Wildman–Crippen LogP) is 2.98. The highest BCUT2D eigenvalue weighted by Gasteiger charge is 2.62. The number of likely N-dealkylation sites (tertiary alicyclic amines) is 1. The molecule has 2 aromatic rings. The van der Waals surface area contributed by atoms with Gasteiger partial charge in [-0.1, -0.05) is 60.3 Å². The van der Waals surface area contributed by atoms with E-state index < -0.39 is 0 Å². The smallest absolute Gasteiger partial charge is 0.240 e. The van der Waals surface area contributed by atoms with E-state index >= 15 is 0 Å². The average molecular weight is 360 g/mol. The van der Waals surface area contributed by atoms with Gasteiger partial charge in [-0.3, -0.25) is 14.6 Å². The molecule has 26 heavy (non-hydrogen) atoms. The predicted molar refractivity (Wildman–Crippen MR) is 100 cm³/mol. The lowest BCUT2D eigenvalue weighted by Crippen LogP contribution is -2.41. The summed E-state index contributed by atoms with van der Waals surface area (Å²) >= 11 is 1.52. The number of hydrogen-bond donors (Lipinski definition) is 0. The van der Waals surface area contributed by atoms with E-state index in [1.807, 2.05) is 24.3 Å². The van der Waals surface area contributed by atoms with Crippen molar-refractivity contribution < 1.29 is 9.59 Å². The van der Waals surface area contributed by atoms with Crippen molar-refractivity contribution >= 4 is 28.7 Å². The summed E-state index contributed by atoms with van der Waals surface area (Å²) in [6.45, 7) is 0.680. The Morgan fingerprint density at radius 3 is 1.65 bits per heavy atom. The van der Waals surface area contributed by atoms with Crippen LogP contribution < -0.4 is 0 Å². The van der Waals surface area contributed by atoms with Crippen molar-refractivity contribution in [2.75, 3.05) is 12.3 Å². The summed E-state index contributed by atoms with van der Waals surface area (Å²) in [5.41, 5.74) is 4.84. The van der Waals surface area contributed by atoms with E-state index in [0.29, 0.717) is 11.7 Å². The van der Waals surface area contributed by atoms with Crippen LogP contribution in [0.1, 0.15) is 34.1 Å². The van der Waals surface area contributed by atoms with Crippen LogP contribution in [0.4, 0.5) is 0 Å². The lowest BCUT2D eigenvalue weighted by molar-refractivity contribution is -0.134. The van der Waals surface area contributed by atoms with Crippen LogP contribution in [0.15, 0.2) is 53.5 Å². The zero-order chi connectivity index (χ0) is 17.4. The highest BCUT2D eigenvalue weighted by atomic mass is 32.2. The van der Waals surface area contributed by atoms with E-state index in [1.54, 1.807) is 0 Å². The molecule has 7 rings (SSSR count). The molecule has 1 saturated heterocycles. The summed E-state index contributed by atoms with van der Waals surface area (Å²) < 4.78 is 0. The van der Waals surface area contributed by atoms with Gasteiger partial charge in [0, 0.05) is 17.6 Å². The second-order valence-corrected chi connectivity index (χ2v) is 8.35. The van der Waals surface area contributed by atoms with E-state index in [-0.39, 0.29) is 35.5 Å². The fraction of sp³-hybridized carbons (Fsp3) is 0.286. The molecule has 2 bridgehead atoms. The average Bonchev–Trinajstić information content (AvgIpc) is 3.29. The van der Waals surface area contributed by atoms with Crippen molar-refractivity contribution in [3.63, 3.8) is 0 Å². The number of aliphatic imine (C=N–C) groups is 1. The van der Waals surface area contributed by atoms with Gasteiger partial charge < -0.3 is 0 Å². The molecular formula is C21H16N2O2S. The Morgan fingerprint density at radius 1 is 0.808 bits per heavy atom. The highest BCUT2D eigenvalue weighted by molar-refractivity contribution is 8.14. The van der Waals surface area contributed by atoms with Crippen molar-refractivity contribution in [3.8, 4) is 0 Å². The van der Waals surface area contributed by atoms with Gasteiger partial charge >= 0.3 is 0 Å². The molecule has 5 heteroatoms. The first kappa shape index (κ1) is 14.7. The Kier molecular flexibility index (Phi) is 2.87. The summed E-state index contributed by atoms with van der Waals surface area (Å²) in [7, 11) is 0. The van der Waals surface area contributed by atoms with Crippen LogP contribution in [-0.2, 0) is 9.59 Å². The second kappa shape index (κ2) is 5.07. The topological polar surface area (TPSA) is 49.7 Å². The maximum absolute atomic E-state index is 13.4. The summed E-state index contributed by atoms with van der Waals surface area (Å²) in [6.07, 6.45) is 0. The highest BCUT2D eigenvalue weighted by Crippen LogP contribution is 2.61. The molecule has 0 spiro atoms. The first-order valence-electron chi connectivity index (χ1n) is 9.00. The minimum Gasteiger partial charge on any atom is -0.274 e. The molecule has 2 aliphatic heterocycles. The lowest BCUT2D eigenvalue weighted by Gasteiger charge is -2.45. The number of amides is 2. The monoisotopic (exact) mass is 360 g/mol. The van der Waals surface area contributed by atoms with Crippen molar-refractivity contribution in [1.29, 1.82) is 0 Å². The molecule has 2 heterocycles. The molecule has 1 fully saturated rings. The maximum atomic E-state index is 13.4. The van der Waals surface area contributed by atoms with Crippen LogP contribution in [0.3, 0.4) is 0 Å². The molecule has 0 radical (unpaired) electrons. The number of imide groups is 1. The molecular weight excluding hydrogens is 344 g/mol. The Hall–Kier alpha value is -2.40. The Bertz CT molecular complexity index is 899. The molecule has 0 saturated carbocycles. The van der Waals surface area contributed by atoms with Crippen molar-refractivity contribution in [2.24, 2.45) is 16.8 Å². The SMILES string of the molecule is O=C1C2C3c4ccccc4C(c4ccccc43)C2C(=O)N1C1=NCCS1. The van der Waals surface area contributed by atoms with Crippen molar-refractivity contribution in [2.45, 2.75) is 11.8 Å². The van der Waals surface area contributed by atoms with Gasteiger partial charge in [-0.25, -0.2) is 4.90 Å². The first-order valence-corrected chi connectivity index (χ1v) is 9.98. The van der Waals surface area contributed by atoms with Gasteiger partial charge in [-0.05, 0) is 22.3 Å². The van der Waals surface area contributed by atoms with E-state index in [9.17, 15) is 9.59 Å². The number of hydrogen-bond acceptors (Lipinski definition) is 4. The normalized spacial score (nSPS) is 30.9. The molecule has 2 aromatic carbocycles. The number of carbonyl (C=O) groups excluding carboxylic acids is 2. The van der Waals surface area contributed by atoms with Gasteiger partial charge in [0.05, 0.1) is 18.4 Å². The fourth-order valence-electron chi connectivity index (χ4n) is 5.32. The largest absolute Gasteiger partial charge is 0.274 e. The van der Waals surface area contributed by atoms with Gasteiger partial charge in [-0.15, -0.1) is 0 Å². The number of nitrogens with zero attached hydrogens (tertiary/aromatic N) is 2. The maximum Gasteiger partial charge on any atom is 0.240 e. The molecule has 4 nitrogen and oxygen atoms in total. The summed E-state index contributed by atoms with van der Waals surface area (Å²) in [4.78, 5) is 32.5. The number of thioether (sulfide) groups is 1. The summed E-state index contributed by atoms with van der Waals surface area (Å²) in [5.74, 6) is 0.0353. The van der Waals surface area contributed by atoms with Gasteiger partial charge in [0.25, 0.3) is 0 Å². The van der Waals surface area contributed by atoms with Crippen LogP contribution >= 0.6 is 11.8 Å². The van der Waals surface area contributed by atoms with Gasteiger partial charge in [0.1, 0.15) is 0 Å². The molecule has 0 aromatic heterocycles. The Labute approximate surface area is 155 Å². The van der Waals surface area contributed by atoms with Gasteiger partial charge in [0.2, 0.25) is 11.8 Å². The number of carbonyl (C=O) groups is 2. The zero-order valence-electron chi connectivity index (χ0n) is 14.0. The van der Waals surface area contributed by atoms with Crippen molar-refractivity contribution in [3.05, 3.63) is 70.8 Å². The van der Waals surface area contributed by atoms with E-state index in [0.717, 1.165) is 5.75 Å². The summed E-state index contributed by atoms with van der Waals surface area (Å²) in [5, 5.41) is 0.599. The zero-order valence-corrected chi connectivity index (χ0v) is 14.8. The first-order chi connectivity index (χ1) is 12.8. The third-order valence-corrected chi connectivity index (χ3v) is 7.17. The summed E-state index contributed by atoms with van der Waals surface area (Å²) in [6, 6.07) is 16.6. The Balaban J connectivity index is 1.59. The lowest BCUT2D eigenvalue weighted by atomic mass is 9.55. The minimum absolute atomic E-state index is 0.0362. The van der Waals surface area contributed by atoms with E-state index in [1.165, 1.54) is 38.9 Å². The van der Waals surface area contributed by atoms with Gasteiger partial charge in [0.15, 0.2) is 5.17 Å². The standard InChI is InChI=1S/C21H16N2O2S/c24-19-17-15-11-5-1-2-6-12(11)16(14-8-4-3-7-13(14)15)18(17)20(25)23(19)21-22-9-10-26-21/h1-8,15-18H,9-10H2. The fourth-order valence-corrected chi connectivity index (χ4v) is 6.18. The van der Waals surface area contributed by atoms with Crippen LogP contribution in [0.2, 0.25) is 0 Å². The third kappa shape index (κ3) is 1.65. The quantitative estimate of drug-likeness (QED) is 0.679. The second-order valence-electron chi connectivity index (χ2n) is 7.29. The minimum atomic E-state index is -0.304. The van der Waals surface area contributed by atoms with Gasteiger partial charge in [-0.2, -0.15) is 0 Å².